The molecule has 0 aromatic heterocycles. The van der Waals surface area contributed by atoms with Gasteiger partial charge < -0.3 is 34.0 Å². The summed E-state index contributed by atoms with van der Waals surface area (Å²) < 4.78 is 22.3. The van der Waals surface area contributed by atoms with Crippen molar-refractivity contribution in [3.8, 4) is 23.0 Å². The van der Waals surface area contributed by atoms with E-state index < -0.39 is 0 Å². The summed E-state index contributed by atoms with van der Waals surface area (Å²) in [6.45, 7) is 5.36. The van der Waals surface area contributed by atoms with Gasteiger partial charge in [-0.3, -0.25) is 0 Å². The monoisotopic (exact) mass is 481 g/mol. The molecule has 2 atom stereocenters. The molecule has 0 radical (unpaired) electrons. The summed E-state index contributed by atoms with van der Waals surface area (Å²) in [5, 5.41) is 7.94. The van der Waals surface area contributed by atoms with Crippen LogP contribution in [0.2, 0.25) is 0 Å². The number of anilines is 1. The standard InChI is InChI=1S/C27H35N3O5/c1-18(19-7-9-22(10-8-19)30-11-5-4-6-12-30)28-16-21-15-23(35-29-21)13-20-14-24(31-2)26-27(25(20)32-3)34-17-33-26/h7-10,14,18,23,28H,4-6,11-13,15-17H2,1-3H3. The number of fused-ring (bicyclic) bond motifs is 1. The van der Waals surface area contributed by atoms with E-state index >= 15 is 0 Å². The first-order chi connectivity index (χ1) is 17.2. The molecule has 8 heteroatoms. The summed E-state index contributed by atoms with van der Waals surface area (Å²) in [6, 6.07) is 11.1. The summed E-state index contributed by atoms with van der Waals surface area (Å²) in [4.78, 5) is 8.24. The lowest BCUT2D eigenvalue weighted by Gasteiger charge is -2.29. The highest BCUT2D eigenvalue weighted by atomic mass is 16.7. The highest BCUT2D eigenvalue weighted by Gasteiger charge is 2.30. The van der Waals surface area contributed by atoms with Crippen molar-refractivity contribution in [1.82, 2.24) is 5.32 Å². The summed E-state index contributed by atoms with van der Waals surface area (Å²) >= 11 is 0. The van der Waals surface area contributed by atoms with E-state index in [0.717, 1.165) is 17.7 Å². The van der Waals surface area contributed by atoms with Crippen LogP contribution in [0.4, 0.5) is 5.69 Å². The van der Waals surface area contributed by atoms with Crippen molar-refractivity contribution < 1.29 is 23.8 Å². The molecule has 2 aromatic carbocycles. The molecular weight excluding hydrogens is 446 g/mol. The Morgan fingerprint density at radius 3 is 2.57 bits per heavy atom. The molecule has 188 valence electrons. The van der Waals surface area contributed by atoms with E-state index in [1.165, 1.54) is 43.6 Å². The third-order valence-electron chi connectivity index (χ3n) is 7.03. The number of ether oxygens (including phenoxy) is 4. The maximum Gasteiger partial charge on any atom is 0.231 e. The number of benzene rings is 2. The van der Waals surface area contributed by atoms with Gasteiger partial charge in [0, 0.05) is 49.8 Å². The van der Waals surface area contributed by atoms with Gasteiger partial charge in [0.2, 0.25) is 18.3 Å². The van der Waals surface area contributed by atoms with Crippen molar-refractivity contribution in [2.75, 3.05) is 45.5 Å². The van der Waals surface area contributed by atoms with Gasteiger partial charge in [-0.15, -0.1) is 0 Å². The minimum Gasteiger partial charge on any atom is -0.493 e. The van der Waals surface area contributed by atoms with Crippen LogP contribution < -0.4 is 29.2 Å². The van der Waals surface area contributed by atoms with Crippen LogP contribution in [-0.4, -0.2) is 52.5 Å². The summed E-state index contributed by atoms with van der Waals surface area (Å²) in [6.07, 6.45) is 5.26. The van der Waals surface area contributed by atoms with Gasteiger partial charge in [-0.25, -0.2) is 0 Å². The normalized spacial score (nSPS) is 19.8. The van der Waals surface area contributed by atoms with Gasteiger partial charge >= 0.3 is 0 Å². The summed E-state index contributed by atoms with van der Waals surface area (Å²) in [5.74, 6) is 2.46. The second kappa shape index (κ2) is 10.6. The third-order valence-corrected chi connectivity index (χ3v) is 7.03. The number of nitrogens with zero attached hydrogens (tertiary/aromatic N) is 2. The molecule has 3 aliphatic rings. The zero-order valence-corrected chi connectivity index (χ0v) is 20.8. The minimum absolute atomic E-state index is 0.0649. The van der Waals surface area contributed by atoms with Gasteiger partial charge in [0.1, 0.15) is 6.10 Å². The fourth-order valence-corrected chi connectivity index (χ4v) is 5.05. The first kappa shape index (κ1) is 23.6. The zero-order valence-electron chi connectivity index (χ0n) is 20.8. The number of hydrogen-bond donors (Lipinski definition) is 1. The highest BCUT2D eigenvalue weighted by Crippen LogP contribution is 2.50. The van der Waals surface area contributed by atoms with Gasteiger partial charge in [-0.05, 0) is 49.9 Å². The van der Waals surface area contributed by atoms with Gasteiger partial charge in [0.15, 0.2) is 11.5 Å². The topological polar surface area (TPSA) is 73.8 Å². The van der Waals surface area contributed by atoms with Crippen LogP contribution in [0.25, 0.3) is 0 Å². The lowest BCUT2D eigenvalue weighted by molar-refractivity contribution is 0.0853. The van der Waals surface area contributed by atoms with Gasteiger partial charge in [-0.1, -0.05) is 17.3 Å². The van der Waals surface area contributed by atoms with Crippen LogP contribution in [0.15, 0.2) is 35.5 Å². The molecule has 2 unspecified atom stereocenters. The predicted molar refractivity (Wildman–Crippen MR) is 135 cm³/mol. The van der Waals surface area contributed by atoms with Gasteiger partial charge in [0.05, 0.1) is 19.9 Å². The maximum absolute atomic E-state index is 5.76. The molecular formula is C27H35N3O5. The van der Waals surface area contributed by atoms with Crippen molar-refractivity contribution in [3.05, 3.63) is 41.5 Å². The quantitative estimate of drug-likeness (QED) is 0.567. The molecule has 1 N–H and O–H groups in total. The number of hydrogen-bond acceptors (Lipinski definition) is 8. The van der Waals surface area contributed by atoms with E-state index in [1.807, 2.05) is 6.07 Å². The molecule has 1 fully saturated rings. The van der Waals surface area contributed by atoms with E-state index in [9.17, 15) is 0 Å². The highest BCUT2D eigenvalue weighted by molar-refractivity contribution is 5.87. The predicted octanol–water partition coefficient (Wildman–Crippen LogP) is 4.46. The molecule has 0 saturated carbocycles. The Labute approximate surface area is 207 Å². The van der Waals surface area contributed by atoms with E-state index in [4.69, 9.17) is 23.8 Å². The van der Waals surface area contributed by atoms with Gasteiger partial charge in [0.25, 0.3) is 0 Å². The number of nitrogens with one attached hydrogen (secondary N) is 1. The Kier molecular flexibility index (Phi) is 7.18. The number of oxime groups is 1. The zero-order chi connectivity index (χ0) is 24.2. The summed E-state index contributed by atoms with van der Waals surface area (Å²) in [5.41, 5.74) is 4.57. The Morgan fingerprint density at radius 2 is 1.83 bits per heavy atom. The van der Waals surface area contributed by atoms with Crippen molar-refractivity contribution in [2.24, 2.45) is 5.16 Å². The van der Waals surface area contributed by atoms with Crippen LogP contribution in [0.1, 0.15) is 49.8 Å². The summed E-state index contributed by atoms with van der Waals surface area (Å²) in [7, 11) is 3.25. The second-order valence-electron chi connectivity index (χ2n) is 9.37. The van der Waals surface area contributed by atoms with Crippen LogP contribution in [0.3, 0.4) is 0 Å². The molecule has 3 aliphatic heterocycles. The van der Waals surface area contributed by atoms with E-state index in [-0.39, 0.29) is 18.9 Å². The first-order valence-electron chi connectivity index (χ1n) is 12.5. The Balaban J connectivity index is 1.14. The SMILES string of the molecule is COc1cc(CC2CC(CNC(C)c3ccc(N4CCCCC4)cc3)=NO2)c(OC)c2c1OCO2. The van der Waals surface area contributed by atoms with E-state index in [2.05, 4.69) is 46.6 Å². The molecule has 35 heavy (non-hydrogen) atoms. The molecule has 0 aliphatic carbocycles. The Morgan fingerprint density at radius 1 is 1.06 bits per heavy atom. The molecule has 3 heterocycles. The maximum atomic E-state index is 5.76. The minimum atomic E-state index is -0.0649. The number of rotatable bonds is 9. The fourth-order valence-electron chi connectivity index (χ4n) is 5.05. The third kappa shape index (κ3) is 5.12. The molecule has 5 rings (SSSR count). The molecule has 1 saturated heterocycles. The Bertz CT molecular complexity index is 1050. The lowest BCUT2D eigenvalue weighted by Crippen LogP contribution is -2.29. The first-order valence-corrected chi connectivity index (χ1v) is 12.5. The molecule has 8 nitrogen and oxygen atoms in total. The average molecular weight is 482 g/mol. The smallest absolute Gasteiger partial charge is 0.231 e. The molecule has 0 amide bonds. The molecule has 0 spiro atoms. The van der Waals surface area contributed by atoms with Crippen molar-refractivity contribution in [3.63, 3.8) is 0 Å². The second-order valence-corrected chi connectivity index (χ2v) is 9.37. The van der Waals surface area contributed by atoms with Crippen LogP contribution in [0.5, 0.6) is 23.0 Å². The van der Waals surface area contributed by atoms with Crippen molar-refractivity contribution in [1.29, 1.82) is 0 Å². The Hall–Kier alpha value is -3.13. The van der Waals surface area contributed by atoms with Gasteiger partial charge in [-0.2, -0.15) is 0 Å². The number of piperidine rings is 1. The largest absolute Gasteiger partial charge is 0.493 e. The van der Waals surface area contributed by atoms with Crippen LogP contribution in [0, 0.1) is 0 Å². The average Bonchev–Trinajstić information content (AvgIpc) is 3.57. The van der Waals surface area contributed by atoms with Crippen LogP contribution in [-0.2, 0) is 11.3 Å². The molecule has 0 bridgehead atoms. The van der Waals surface area contributed by atoms with Crippen molar-refractivity contribution >= 4 is 11.4 Å². The van der Waals surface area contributed by atoms with E-state index in [1.54, 1.807) is 14.2 Å². The van der Waals surface area contributed by atoms with Crippen LogP contribution >= 0.6 is 0 Å². The molecule has 2 aromatic rings. The fraction of sp³-hybridized carbons (Fsp3) is 0.519. The number of methoxy groups -OCH3 is 2. The van der Waals surface area contributed by atoms with E-state index in [0.29, 0.717) is 36.0 Å². The lowest BCUT2D eigenvalue weighted by atomic mass is 10.0. The van der Waals surface area contributed by atoms with Crippen molar-refractivity contribution in [2.45, 2.75) is 51.2 Å².